The van der Waals surface area contributed by atoms with E-state index in [-0.39, 0.29) is 12.8 Å². The maximum Gasteiger partial charge on any atom is 0.394 e. The molecule has 3 aliphatic rings. The zero-order valence-corrected chi connectivity index (χ0v) is 12.5. The first-order valence-electron chi connectivity index (χ1n) is 7.75. The van der Waals surface area contributed by atoms with Gasteiger partial charge in [0.2, 0.25) is 6.43 Å². The Morgan fingerprint density at radius 3 is 1.75 bits per heavy atom. The van der Waals surface area contributed by atoms with Crippen LogP contribution >= 0.6 is 0 Å². The van der Waals surface area contributed by atoms with E-state index < -0.39 is 79.2 Å². The molecule has 3 rings (SSSR count). The quantitative estimate of drug-likeness (QED) is 0.493. The number of alkyl halides is 9. The number of hydrogen-bond acceptors (Lipinski definition) is 0. The van der Waals surface area contributed by atoms with Crippen LogP contribution in [-0.2, 0) is 0 Å². The summed E-state index contributed by atoms with van der Waals surface area (Å²) in [5.41, 5.74) is -2.28. The van der Waals surface area contributed by atoms with E-state index in [0.29, 0.717) is 0 Å². The van der Waals surface area contributed by atoms with Crippen LogP contribution in [0.15, 0.2) is 0 Å². The van der Waals surface area contributed by atoms with Gasteiger partial charge < -0.3 is 0 Å². The van der Waals surface area contributed by atoms with Crippen LogP contribution in [0.2, 0.25) is 0 Å². The van der Waals surface area contributed by atoms with Gasteiger partial charge in [0, 0.05) is 30.6 Å². The summed E-state index contributed by atoms with van der Waals surface area (Å²) in [5, 5.41) is 0. The van der Waals surface area contributed by atoms with Gasteiger partial charge in [0.05, 0.1) is 5.41 Å². The Labute approximate surface area is 132 Å². The van der Waals surface area contributed by atoms with Crippen molar-refractivity contribution in [1.82, 2.24) is 0 Å². The summed E-state index contributed by atoms with van der Waals surface area (Å²) in [4.78, 5) is 0. The van der Waals surface area contributed by atoms with E-state index in [9.17, 15) is 39.5 Å². The highest BCUT2D eigenvalue weighted by Gasteiger charge is 2.69. The summed E-state index contributed by atoms with van der Waals surface area (Å²) >= 11 is 0. The lowest BCUT2D eigenvalue weighted by atomic mass is 9.77. The summed E-state index contributed by atoms with van der Waals surface area (Å²) in [6, 6.07) is 0. The molecular weight excluding hydrogens is 351 g/mol. The highest BCUT2D eigenvalue weighted by Crippen LogP contribution is 2.67. The maximum absolute atomic E-state index is 13.4. The molecule has 0 nitrogen and oxygen atoms in total. The van der Waals surface area contributed by atoms with Crippen LogP contribution in [0.5, 0.6) is 0 Å². The first kappa shape index (κ1) is 18.2. The second kappa shape index (κ2) is 5.19. The van der Waals surface area contributed by atoms with Gasteiger partial charge in [-0.15, -0.1) is 0 Å². The van der Waals surface area contributed by atoms with Gasteiger partial charge in [0.15, 0.2) is 0 Å². The molecule has 0 aromatic carbocycles. The van der Waals surface area contributed by atoms with Crippen molar-refractivity contribution >= 4 is 0 Å². The topological polar surface area (TPSA) is 0 Å². The predicted octanol–water partition coefficient (Wildman–Crippen LogP) is 5.88. The lowest BCUT2D eigenvalue weighted by Gasteiger charge is -2.31. The average molecular weight is 367 g/mol. The van der Waals surface area contributed by atoms with Gasteiger partial charge >= 0.3 is 6.18 Å². The molecule has 0 saturated heterocycles. The molecule has 0 aromatic rings. The molecule has 3 saturated carbocycles. The molecule has 1 radical (unpaired) electrons. The van der Waals surface area contributed by atoms with Crippen LogP contribution < -0.4 is 0 Å². The molecule has 3 aliphatic carbocycles. The van der Waals surface area contributed by atoms with Crippen molar-refractivity contribution in [3.63, 3.8) is 0 Å². The van der Waals surface area contributed by atoms with Crippen molar-refractivity contribution < 1.29 is 39.5 Å². The van der Waals surface area contributed by atoms with Gasteiger partial charge in [-0.25, -0.2) is 26.3 Å². The van der Waals surface area contributed by atoms with Gasteiger partial charge in [-0.3, -0.25) is 0 Å². The monoisotopic (exact) mass is 367 g/mol. The fourth-order valence-electron chi connectivity index (χ4n) is 3.50. The van der Waals surface area contributed by atoms with Crippen LogP contribution in [0.25, 0.3) is 0 Å². The lowest BCUT2D eigenvalue weighted by molar-refractivity contribution is -0.194. The Morgan fingerprint density at radius 2 is 1.46 bits per heavy atom. The summed E-state index contributed by atoms with van der Waals surface area (Å²) in [6.45, 7) is 0. The molecule has 0 heterocycles. The van der Waals surface area contributed by atoms with Gasteiger partial charge in [-0.2, -0.15) is 13.2 Å². The second-order valence-corrected chi connectivity index (χ2v) is 7.38. The molecular formula is C15H16F9. The molecule has 3 atom stereocenters. The van der Waals surface area contributed by atoms with Gasteiger partial charge in [0.1, 0.15) is 0 Å². The largest absolute Gasteiger partial charge is 0.394 e. The predicted molar refractivity (Wildman–Crippen MR) is 65.8 cm³/mol. The molecule has 24 heavy (non-hydrogen) atoms. The third-order valence-corrected chi connectivity index (χ3v) is 5.56. The molecule has 9 heteroatoms. The van der Waals surface area contributed by atoms with Crippen molar-refractivity contribution in [3.05, 3.63) is 5.92 Å². The van der Waals surface area contributed by atoms with Crippen molar-refractivity contribution in [2.45, 2.75) is 63.0 Å². The Hall–Kier alpha value is -0.630. The van der Waals surface area contributed by atoms with Crippen molar-refractivity contribution in [1.29, 1.82) is 0 Å². The van der Waals surface area contributed by atoms with E-state index in [1.54, 1.807) is 0 Å². The minimum absolute atomic E-state index is 0.326. The van der Waals surface area contributed by atoms with E-state index in [1.165, 1.54) is 0 Å². The van der Waals surface area contributed by atoms with Crippen molar-refractivity contribution in [2.75, 3.05) is 0 Å². The van der Waals surface area contributed by atoms with E-state index in [1.807, 2.05) is 0 Å². The molecule has 139 valence electrons. The summed E-state index contributed by atoms with van der Waals surface area (Å²) in [7, 11) is 0. The molecule has 1 unspecified atom stereocenters. The van der Waals surface area contributed by atoms with Crippen molar-refractivity contribution in [2.24, 2.45) is 23.2 Å². The molecule has 0 spiro atoms. The van der Waals surface area contributed by atoms with Crippen LogP contribution in [0.1, 0.15) is 38.5 Å². The highest BCUT2D eigenvalue weighted by molar-refractivity contribution is 5.21. The maximum atomic E-state index is 13.4. The fourth-order valence-corrected chi connectivity index (χ4v) is 3.50. The summed E-state index contributed by atoms with van der Waals surface area (Å²) in [6.07, 6.45) is -11.6. The number of hydrogen-bond donors (Lipinski definition) is 0. The van der Waals surface area contributed by atoms with E-state index >= 15 is 0 Å². The van der Waals surface area contributed by atoms with Gasteiger partial charge in [-0.05, 0) is 31.6 Å². The smallest absolute Gasteiger partial charge is 0.210 e. The summed E-state index contributed by atoms with van der Waals surface area (Å²) < 4.78 is 119. The molecule has 0 N–H and O–H groups in total. The first-order valence-corrected chi connectivity index (χ1v) is 7.75. The standard InChI is InChI=1S/C15H16F9/c16-11(17)9(5-12(1-2-12)15(22,23)24)8(10-6-14(10,20)21)3-7-4-13(7,18)19/h7,9-11H,1-6H2/t7-,9?,10+/m1/s1. The van der Waals surface area contributed by atoms with E-state index in [0.717, 1.165) is 0 Å². The van der Waals surface area contributed by atoms with E-state index in [4.69, 9.17) is 0 Å². The highest BCUT2D eigenvalue weighted by atomic mass is 19.4. The SMILES string of the molecule is FC(F)C(CC1(C(F)(F)F)CC1)[C](C[C@@H]1CC1(F)F)[C@@H]1CC1(F)F. The summed E-state index contributed by atoms with van der Waals surface area (Å²) in [5.74, 6) is -11.8. The molecule has 0 amide bonds. The average Bonchev–Trinajstić information content (AvgIpc) is 3.30. The third-order valence-electron chi connectivity index (χ3n) is 5.56. The second-order valence-electron chi connectivity index (χ2n) is 7.38. The zero-order chi connectivity index (χ0) is 18.1. The first-order chi connectivity index (χ1) is 10.8. The Bertz CT molecular complexity index is 492. The Morgan fingerprint density at radius 1 is 0.958 bits per heavy atom. The Kier molecular flexibility index (Phi) is 3.93. The van der Waals surface area contributed by atoms with Gasteiger partial charge in [-0.1, -0.05) is 0 Å². The minimum atomic E-state index is -4.69. The lowest BCUT2D eigenvalue weighted by Crippen LogP contribution is -2.33. The number of halogens is 9. The van der Waals surface area contributed by atoms with Crippen LogP contribution in [0.3, 0.4) is 0 Å². The van der Waals surface area contributed by atoms with Crippen LogP contribution in [0.4, 0.5) is 39.5 Å². The third kappa shape index (κ3) is 3.23. The van der Waals surface area contributed by atoms with E-state index in [2.05, 4.69) is 0 Å². The Balaban J connectivity index is 1.78. The number of rotatable bonds is 7. The fraction of sp³-hybridized carbons (Fsp3) is 0.933. The normalized spacial score (nSPS) is 33.6. The molecule has 3 fully saturated rings. The minimum Gasteiger partial charge on any atom is -0.210 e. The zero-order valence-electron chi connectivity index (χ0n) is 12.5. The molecule has 0 aromatic heterocycles. The molecule has 0 bridgehead atoms. The van der Waals surface area contributed by atoms with Crippen molar-refractivity contribution in [3.8, 4) is 0 Å². The van der Waals surface area contributed by atoms with Crippen LogP contribution in [0, 0.1) is 29.1 Å². The van der Waals surface area contributed by atoms with Crippen LogP contribution in [-0.4, -0.2) is 24.4 Å². The van der Waals surface area contributed by atoms with Gasteiger partial charge in [0.25, 0.3) is 11.8 Å². The molecule has 0 aliphatic heterocycles.